The highest BCUT2D eigenvalue weighted by atomic mass is 79.9. The standard InChI is InChI=1S/C14H20BrNO2/c1-14(10-17,11-4-2-5-12(15)8-11)16-9-13-6-3-7-18-13/h2,4-5,8,13,16-17H,3,6-7,9-10H2,1H3. The number of rotatable bonds is 5. The van der Waals surface area contributed by atoms with Gasteiger partial charge < -0.3 is 15.2 Å². The Bertz CT molecular complexity index is 393. The minimum atomic E-state index is -0.421. The SMILES string of the molecule is CC(CO)(NCC1CCCO1)c1cccc(Br)c1. The van der Waals surface area contributed by atoms with Gasteiger partial charge in [-0.2, -0.15) is 0 Å². The van der Waals surface area contributed by atoms with Crippen molar-refractivity contribution < 1.29 is 9.84 Å². The van der Waals surface area contributed by atoms with Crippen molar-refractivity contribution in [1.29, 1.82) is 0 Å². The first-order valence-corrected chi connectivity index (χ1v) is 7.17. The van der Waals surface area contributed by atoms with Gasteiger partial charge in [-0.1, -0.05) is 28.1 Å². The number of nitrogens with one attached hydrogen (secondary N) is 1. The summed E-state index contributed by atoms with van der Waals surface area (Å²) in [6.07, 6.45) is 2.52. The molecule has 1 aliphatic rings. The summed E-state index contributed by atoms with van der Waals surface area (Å²) in [4.78, 5) is 0. The molecule has 0 aliphatic carbocycles. The summed E-state index contributed by atoms with van der Waals surface area (Å²) in [6, 6.07) is 8.05. The molecule has 0 saturated carbocycles. The highest BCUT2D eigenvalue weighted by Crippen LogP contribution is 2.24. The van der Waals surface area contributed by atoms with Crippen LogP contribution < -0.4 is 5.32 Å². The zero-order valence-corrected chi connectivity index (χ0v) is 12.2. The quantitative estimate of drug-likeness (QED) is 0.877. The van der Waals surface area contributed by atoms with E-state index in [1.807, 2.05) is 31.2 Å². The highest BCUT2D eigenvalue weighted by Gasteiger charge is 2.27. The molecule has 2 N–H and O–H groups in total. The van der Waals surface area contributed by atoms with E-state index in [1.54, 1.807) is 0 Å². The Morgan fingerprint density at radius 3 is 3.00 bits per heavy atom. The van der Waals surface area contributed by atoms with E-state index in [-0.39, 0.29) is 12.7 Å². The van der Waals surface area contributed by atoms with Gasteiger partial charge in [0.1, 0.15) is 0 Å². The summed E-state index contributed by atoms with van der Waals surface area (Å²) in [5.74, 6) is 0. The molecule has 100 valence electrons. The Morgan fingerprint density at radius 2 is 2.39 bits per heavy atom. The van der Waals surface area contributed by atoms with E-state index in [9.17, 15) is 5.11 Å². The van der Waals surface area contributed by atoms with Crippen LogP contribution >= 0.6 is 15.9 Å². The number of hydrogen-bond acceptors (Lipinski definition) is 3. The van der Waals surface area contributed by atoms with Gasteiger partial charge in [0.15, 0.2) is 0 Å². The van der Waals surface area contributed by atoms with Crippen molar-refractivity contribution in [2.75, 3.05) is 19.8 Å². The smallest absolute Gasteiger partial charge is 0.0700 e. The van der Waals surface area contributed by atoms with Gasteiger partial charge in [0.25, 0.3) is 0 Å². The molecule has 1 heterocycles. The van der Waals surface area contributed by atoms with Crippen molar-refractivity contribution in [2.24, 2.45) is 0 Å². The van der Waals surface area contributed by atoms with Crippen LogP contribution in [0.1, 0.15) is 25.3 Å². The van der Waals surface area contributed by atoms with Gasteiger partial charge in [-0.25, -0.2) is 0 Å². The molecule has 1 aromatic carbocycles. The van der Waals surface area contributed by atoms with Gasteiger partial charge in [0.2, 0.25) is 0 Å². The van der Waals surface area contributed by atoms with Crippen LogP contribution in [-0.4, -0.2) is 31.0 Å². The second kappa shape index (κ2) is 6.15. The Labute approximate surface area is 117 Å². The third-order valence-electron chi connectivity index (χ3n) is 3.52. The number of hydrogen-bond donors (Lipinski definition) is 2. The summed E-state index contributed by atoms with van der Waals surface area (Å²) in [5.41, 5.74) is 0.660. The fourth-order valence-corrected chi connectivity index (χ4v) is 2.62. The lowest BCUT2D eigenvalue weighted by Gasteiger charge is -2.31. The van der Waals surface area contributed by atoms with Crippen LogP contribution in [0.4, 0.5) is 0 Å². The summed E-state index contributed by atoms with van der Waals surface area (Å²) in [5, 5.41) is 13.1. The van der Waals surface area contributed by atoms with Gasteiger partial charge in [-0.05, 0) is 37.5 Å². The third kappa shape index (κ3) is 3.32. The van der Waals surface area contributed by atoms with Crippen molar-refractivity contribution >= 4 is 15.9 Å². The fraction of sp³-hybridized carbons (Fsp3) is 0.571. The lowest BCUT2D eigenvalue weighted by atomic mass is 9.92. The largest absolute Gasteiger partial charge is 0.394 e. The first-order valence-electron chi connectivity index (χ1n) is 6.37. The first-order chi connectivity index (χ1) is 8.64. The normalized spacial score (nSPS) is 22.9. The van der Waals surface area contributed by atoms with Crippen LogP contribution in [0, 0.1) is 0 Å². The molecule has 1 aliphatic heterocycles. The van der Waals surface area contributed by atoms with Crippen molar-refractivity contribution in [1.82, 2.24) is 5.32 Å². The summed E-state index contributed by atoms with van der Waals surface area (Å²) >= 11 is 3.47. The fourth-order valence-electron chi connectivity index (χ4n) is 2.23. The number of aliphatic hydroxyl groups excluding tert-OH is 1. The summed E-state index contributed by atoms with van der Waals surface area (Å²) < 4.78 is 6.63. The molecular formula is C14H20BrNO2. The highest BCUT2D eigenvalue weighted by molar-refractivity contribution is 9.10. The van der Waals surface area contributed by atoms with Crippen LogP contribution in [-0.2, 0) is 10.3 Å². The van der Waals surface area contributed by atoms with Gasteiger partial charge >= 0.3 is 0 Å². The molecule has 3 nitrogen and oxygen atoms in total. The molecule has 2 rings (SSSR count). The minimum Gasteiger partial charge on any atom is -0.394 e. The summed E-state index contributed by atoms with van der Waals surface area (Å²) in [7, 11) is 0. The maximum atomic E-state index is 9.68. The van der Waals surface area contributed by atoms with Crippen molar-refractivity contribution in [3.63, 3.8) is 0 Å². The zero-order valence-electron chi connectivity index (χ0n) is 10.7. The average molecular weight is 314 g/mol. The second-order valence-corrected chi connectivity index (χ2v) is 5.93. The molecule has 1 fully saturated rings. The van der Waals surface area contributed by atoms with Crippen molar-refractivity contribution in [3.05, 3.63) is 34.3 Å². The average Bonchev–Trinajstić information content (AvgIpc) is 2.89. The summed E-state index contributed by atoms with van der Waals surface area (Å²) in [6.45, 7) is 3.72. The molecule has 0 radical (unpaired) electrons. The number of halogens is 1. The monoisotopic (exact) mass is 313 g/mol. The topological polar surface area (TPSA) is 41.5 Å². The predicted octanol–water partition coefficient (Wildman–Crippen LogP) is 2.43. The van der Waals surface area contributed by atoms with Crippen LogP contribution in [0.2, 0.25) is 0 Å². The van der Waals surface area contributed by atoms with E-state index < -0.39 is 5.54 Å². The molecule has 0 spiro atoms. The number of benzene rings is 1. The van der Waals surface area contributed by atoms with E-state index in [0.717, 1.165) is 36.0 Å². The van der Waals surface area contributed by atoms with Crippen LogP contribution in [0.5, 0.6) is 0 Å². The maximum absolute atomic E-state index is 9.68. The first kappa shape index (κ1) is 14.0. The predicted molar refractivity (Wildman–Crippen MR) is 75.6 cm³/mol. The molecule has 0 amide bonds. The van der Waals surface area contributed by atoms with Crippen LogP contribution in [0.3, 0.4) is 0 Å². The lowest BCUT2D eigenvalue weighted by molar-refractivity contribution is 0.0910. The van der Waals surface area contributed by atoms with Crippen molar-refractivity contribution in [3.8, 4) is 0 Å². The molecule has 18 heavy (non-hydrogen) atoms. The molecular weight excluding hydrogens is 294 g/mol. The maximum Gasteiger partial charge on any atom is 0.0700 e. The third-order valence-corrected chi connectivity index (χ3v) is 4.02. The number of ether oxygens (including phenoxy) is 1. The molecule has 2 unspecified atom stereocenters. The van der Waals surface area contributed by atoms with E-state index in [1.165, 1.54) is 0 Å². The Hall–Kier alpha value is -0.420. The Morgan fingerprint density at radius 1 is 1.56 bits per heavy atom. The molecule has 0 bridgehead atoms. The van der Waals surface area contributed by atoms with Crippen LogP contribution in [0.25, 0.3) is 0 Å². The minimum absolute atomic E-state index is 0.0656. The number of aliphatic hydroxyl groups is 1. The van der Waals surface area contributed by atoms with E-state index in [2.05, 4.69) is 21.2 Å². The van der Waals surface area contributed by atoms with Crippen LogP contribution in [0.15, 0.2) is 28.7 Å². The molecule has 2 atom stereocenters. The van der Waals surface area contributed by atoms with Gasteiger partial charge in [0, 0.05) is 17.6 Å². The lowest BCUT2D eigenvalue weighted by Crippen LogP contribution is -2.46. The molecule has 1 saturated heterocycles. The van der Waals surface area contributed by atoms with E-state index in [0.29, 0.717) is 0 Å². The van der Waals surface area contributed by atoms with Gasteiger partial charge in [-0.3, -0.25) is 0 Å². The Kier molecular flexibility index (Phi) is 4.78. The zero-order chi connectivity index (χ0) is 13.0. The molecule has 0 aromatic heterocycles. The van der Waals surface area contributed by atoms with E-state index >= 15 is 0 Å². The second-order valence-electron chi connectivity index (χ2n) is 5.02. The van der Waals surface area contributed by atoms with Gasteiger partial charge in [0.05, 0.1) is 18.2 Å². The molecule has 1 aromatic rings. The van der Waals surface area contributed by atoms with Gasteiger partial charge in [-0.15, -0.1) is 0 Å². The van der Waals surface area contributed by atoms with E-state index in [4.69, 9.17) is 4.74 Å². The molecule has 4 heteroatoms. The Balaban J connectivity index is 2.04. The van der Waals surface area contributed by atoms with Crippen molar-refractivity contribution in [2.45, 2.75) is 31.4 Å².